The Bertz CT molecular complexity index is 1200. The molecule has 1 saturated heterocycles. The summed E-state index contributed by atoms with van der Waals surface area (Å²) in [5.74, 6) is 0.756. The number of aryl methyl sites for hydroxylation is 1. The largest absolute Gasteiger partial charge is 0.484 e. The van der Waals surface area contributed by atoms with Crippen molar-refractivity contribution in [3.8, 4) is 5.75 Å². The highest BCUT2D eigenvalue weighted by molar-refractivity contribution is 6.30. The van der Waals surface area contributed by atoms with Gasteiger partial charge in [-0.1, -0.05) is 23.7 Å². The molecule has 4 rings (SSSR count). The van der Waals surface area contributed by atoms with E-state index in [9.17, 15) is 14.4 Å². The van der Waals surface area contributed by atoms with Crippen molar-refractivity contribution in [2.45, 2.75) is 13.5 Å². The first-order valence-electron chi connectivity index (χ1n) is 10.3. The van der Waals surface area contributed by atoms with Crippen LogP contribution in [0.2, 0.25) is 5.02 Å². The van der Waals surface area contributed by atoms with E-state index in [-0.39, 0.29) is 30.5 Å². The Labute approximate surface area is 190 Å². The van der Waals surface area contributed by atoms with Gasteiger partial charge in [0.25, 0.3) is 11.5 Å². The zero-order valence-electron chi connectivity index (χ0n) is 17.7. The molecule has 2 aromatic carbocycles. The van der Waals surface area contributed by atoms with Gasteiger partial charge in [-0.2, -0.15) is 0 Å². The van der Waals surface area contributed by atoms with E-state index in [0.29, 0.717) is 53.7 Å². The molecule has 2 heterocycles. The van der Waals surface area contributed by atoms with Crippen molar-refractivity contribution < 1.29 is 14.3 Å². The maximum absolute atomic E-state index is 12.8. The van der Waals surface area contributed by atoms with Crippen LogP contribution in [-0.4, -0.2) is 64.0 Å². The van der Waals surface area contributed by atoms with Crippen LogP contribution in [0.4, 0.5) is 0 Å². The number of piperazine rings is 1. The number of fused-ring (bicyclic) bond motifs is 1. The minimum absolute atomic E-state index is 0.0733. The van der Waals surface area contributed by atoms with Crippen LogP contribution in [0.1, 0.15) is 5.82 Å². The number of hydrogen-bond donors (Lipinski definition) is 0. The van der Waals surface area contributed by atoms with Gasteiger partial charge in [0.05, 0.1) is 10.9 Å². The third kappa shape index (κ3) is 4.75. The summed E-state index contributed by atoms with van der Waals surface area (Å²) in [6.45, 7) is 3.21. The van der Waals surface area contributed by atoms with Crippen LogP contribution in [0.25, 0.3) is 10.9 Å². The summed E-state index contributed by atoms with van der Waals surface area (Å²) in [7, 11) is 0. The number of nitrogens with zero attached hydrogens (tertiary/aromatic N) is 4. The average Bonchev–Trinajstić information content (AvgIpc) is 2.81. The van der Waals surface area contributed by atoms with E-state index < -0.39 is 0 Å². The second kappa shape index (κ2) is 9.40. The van der Waals surface area contributed by atoms with E-state index in [2.05, 4.69) is 4.98 Å². The number of benzene rings is 2. The second-order valence-corrected chi connectivity index (χ2v) is 8.01. The molecule has 1 fully saturated rings. The van der Waals surface area contributed by atoms with E-state index >= 15 is 0 Å². The summed E-state index contributed by atoms with van der Waals surface area (Å²) in [5, 5.41) is 1.09. The SMILES string of the molecule is Cc1nc2ccccc2c(=O)n1CC(=O)N1CCN(C(=O)COc2ccc(Cl)cc2)CC1. The number of carbonyl (C=O) groups excluding carboxylic acids is 2. The molecule has 1 aliphatic heterocycles. The van der Waals surface area contributed by atoms with Gasteiger partial charge in [0.1, 0.15) is 18.1 Å². The smallest absolute Gasteiger partial charge is 0.261 e. The van der Waals surface area contributed by atoms with Crippen molar-refractivity contribution in [1.82, 2.24) is 19.4 Å². The molecule has 0 atom stereocenters. The molecule has 0 aliphatic carbocycles. The Balaban J connectivity index is 1.33. The molecule has 0 radical (unpaired) electrons. The van der Waals surface area contributed by atoms with Crippen molar-refractivity contribution in [3.63, 3.8) is 0 Å². The van der Waals surface area contributed by atoms with Crippen molar-refractivity contribution in [2.24, 2.45) is 0 Å². The Kier molecular flexibility index (Phi) is 6.41. The molecule has 0 N–H and O–H groups in total. The molecule has 2 amide bonds. The molecule has 1 aliphatic rings. The van der Waals surface area contributed by atoms with Gasteiger partial charge in [0.2, 0.25) is 5.91 Å². The second-order valence-electron chi connectivity index (χ2n) is 7.57. The van der Waals surface area contributed by atoms with Crippen LogP contribution in [0, 0.1) is 6.92 Å². The van der Waals surface area contributed by atoms with Crippen molar-refractivity contribution in [2.75, 3.05) is 32.8 Å². The lowest BCUT2D eigenvalue weighted by Gasteiger charge is -2.34. The normalized spacial score (nSPS) is 13.9. The minimum atomic E-state index is -0.227. The van der Waals surface area contributed by atoms with Crippen LogP contribution in [0.3, 0.4) is 0 Å². The van der Waals surface area contributed by atoms with Gasteiger partial charge in [-0.05, 0) is 43.3 Å². The van der Waals surface area contributed by atoms with Gasteiger partial charge in [0, 0.05) is 31.2 Å². The molecular formula is C23H23ClN4O4. The number of halogens is 1. The summed E-state index contributed by atoms with van der Waals surface area (Å²) < 4.78 is 6.92. The predicted octanol–water partition coefficient (Wildman–Crippen LogP) is 2.11. The van der Waals surface area contributed by atoms with Gasteiger partial charge in [-0.15, -0.1) is 0 Å². The molecule has 0 saturated carbocycles. The van der Waals surface area contributed by atoms with Crippen LogP contribution in [0.5, 0.6) is 5.75 Å². The summed E-state index contributed by atoms with van der Waals surface area (Å²) in [6.07, 6.45) is 0. The third-order valence-electron chi connectivity index (χ3n) is 5.51. The van der Waals surface area contributed by atoms with E-state index in [1.165, 1.54) is 4.57 Å². The van der Waals surface area contributed by atoms with E-state index in [0.717, 1.165) is 0 Å². The fourth-order valence-corrected chi connectivity index (χ4v) is 3.80. The highest BCUT2D eigenvalue weighted by Crippen LogP contribution is 2.16. The number of ether oxygens (including phenoxy) is 1. The summed E-state index contributed by atoms with van der Waals surface area (Å²) in [5.41, 5.74) is 0.390. The van der Waals surface area contributed by atoms with E-state index in [1.807, 2.05) is 6.07 Å². The Morgan fingerprint density at radius 3 is 2.28 bits per heavy atom. The number of carbonyl (C=O) groups is 2. The first-order valence-corrected chi connectivity index (χ1v) is 10.7. The van der Waals surface area contributed by atoms with Gasteiger partial charge in [0.15, 0.2) is 6.61 Å². The van der Waals surface area contributed by atoms with E-state index in [1.54, 1.807) is 59.2 Å². The fourth-order valence-electron chi connectivity index (χ4n) is 3.67. The maximum Gasteiger partial charge on any atom is 0.261 e. The molecule has 9 heteroatoms. The number of amides is 2. The summed E-state index contributed by atoms with van der Waals surface area (Å²) >= 11 is 5.84. The Morgan fingerprint density at radius 1 is 0.969 bits per heavy atom. The first-order chi connectivity index (χ1) is 15.4. The summed E-state index contributed by atoms with van der Waals surface area (Å²) in [6, 6.07) is 13.9. The zero-order chi connectivity index (χ0) is 22.7. The molecule has 166 valence electrons. The van der Waals surface area contributed by atoms with Crippen LogP contribution in [-0.2, 0) is 16.1 Å². The highest BCUT2D eigenvalue weighted by Gasteiger charge is 2.25. The summed E-state index contributed by atoms with van der Waals surface area (Å²) in [4.78, 5) is 45.8. The number of para-hydroxylation sites is 1. The van der Waals surface area contributed by atoms with Gasteiger partial charge < -0.3 is 14.5 Å². The molecule has 32 heavy (non-hydrogen) atoms. The molecule has 3 aromatic rings. The van der Waals surface area contributed by atoms with Crippen LogP contribution < -0.4 is 10.3 Å². The monoisotopic (exact) mass is 454 g/mol. The maximum atomic E-state index is 12.8. The molecule has 0 bridgehead atoms. The lowest BCUT2D eigenvalue weighted by atomic mass is 10.2. The van der Waals surface area contributed by atoms with Crippen LogP contribution in [0.15, 0.2) is 53.3 Å². The number of rotatable bonds is 5. The fraction of sp³-hybridized carbons (Fsp3) is 0.304. The van der Waals surface area contributed by atoms with E-state index in [4.69, 9.17) is 16.3 Å². The minimum Gasteiger partial charge on any atom is -0.484 e. The van der Waals surface area contributed by atoms with Gasteiger partial charge in [-0.3, -0.25) is 19.0 Å². The first kappa shape index (κ1) is 21.8. The van der Waals surface area contributed by atoms with Crippen molar-refractivity contribution in [1.29, 1.82) is 0 Å². The van der Waals surface area contributed by atoms with Crippen molar-refractivity contribution >= 4 is 34.3 Å². The van der Waals surface area contributed by atoms with Crippen molar-refractivity contribution in [3.05, 3.63) is 69.7 Å². The average molecular weight is 455 g/mol. The zero-order valence-corrected chi connectivity index (χ0v) is 18.4. The third-order valence-corrected chi connectivity index (χ3v) is 5.76. The molecule has 1 aromatic heterocycles. The van der Waals surface area contributed by atoms with Crippen LogP contribution >= 0.6 is 11.6 Å². The Hall–Kier alpha value is -3.39. The number of aromatic nitrogens is 2. The standard InChI is InChI=1S/C23H23ClN4O4/c1-16-25-20-5-3-2-4-19(20)23(31)28(16)14-21(29)26-10-12-27(13-11-26)22(30)15-32-18-8-6-17(24)7-9-18/h2-9H,10-15H2,1H3. The quantitative estimate of drug-likeness (QED) is 0.589. The predicted molar refractivity (Wildman–Crippen MR) is 121 cm³/mol. The molecule has 8 nitrogen and oxygen atoms in total. The number of hydrogen-bond acceptors (Lipinski definition) is 5. The highest BCUT2D eigenvalue weighted by atomic mass is 35.5. The molecule has 0 spiro atoms. The topological polar surface area (TPSA) is 84.7 Å². The lowest BCUT2D eigenvalue weighted by molar-refractivity contribution is -0.141. The molecular weight excluding hydrogens is 432 g/mol. The van der Waals surface area contributed by atoms with Gasteiger partial charge >= 0.3 is 0 Å². The van der Waals surface area contributed by atoms with Gasteiger partial charge in [-0.25, -0.2) is 4.98 Å². The lowest BCUT2D eigenvalue weighted by Crippen LogP contribution is -2.52. The molecule has 0 unspecified atom stereocenters. The Morgan fingerprint density at radius 2 is 1.59 bits per heavy atom.